The van der Waals surface area contributed by atoms with Crippen LogP contribution in [0.3, 0.4) is 0 Å². The number of halogens is 4. The van der Waals surface area contributed by atoms with Crippen molar-refractivity contribution in [3.05, 3.63) is 24.3 Å². The lowest BCUT2D eigenvalue weighted by atomic mass is 10.2. The number of para-hydroxylation sites is 2. The maximum atomic E-state index is 12.7. The topological polar surface area (TPSA) is 33.3 Å². The summed E-state index contributed by atoms with van der Waals surface area (Å²) < 4.78 is 54.8. The van der Waals surface area contributed by atoms with E-state index in [4.69, 9.17) is 4.74 Å². The summed E-state index contributed by atoms with van der Waals surface area (Å²) in [6.07, 6.45) is -4.03. The Hall–Kier alpha value is -1.50. The average Bonchev–Trinajstić information content (AvgIpc) is 2.38. The summed E-state index contributed by atoms with van der Waals surface area (Å²) in [5.74, 6) is -3.39. The van der Waals surface area contributed by atoms with Gasteiger partial charge in [0.25, 0.3) is 0 Å². The Balaban J connectivity index is 1.80. The van der Waals surface area contributed by atoms with Gasteiger partial charge in [0.15, 0.2) is 0 Å². The van der Waals surface area contributed by atoms with Crippen molar-refractivity contribution in [1.82, 2.24) is 5.32 Å². The fraction of sp³-hybridized carbons (Fsp3) is 0.500. The molecule has 3 nitrogen and oxygen atoms in total. The third kappa shape index (κ3) is 3.50. The lowest BCUT2D eigenvalue weighted by Crippen LogP contribution is -2.45. The third-order valence-electron chi connectivity index (χ3n) is 2.75. The predicted octanol–water partition coefficient (Wildman–Crippen LogP) is 2.35. The summed E-state index contributed by atoms with van der Waals surface area (Å²) in [6, 6.07) is 7.23. The maximum Gasteiger partial charge on any atom is 0.319 e. The van der Waals surface area contributed by atoms with E-state index in [2.05, 4.69) is 10.6 Å². The van der Waals surface area contributed by atoms with Gasteiger partial charge in [0.1, 0.15) is 11.9 Å². The van der Waals surface area contributed by atoms with Crippen molar-refractivity contribution >= 4 is 5.69 Å². The van der Waals surface area contributed by atoms with Gasteiger partial charge in [0, 0.05) is 6.54 Å². The second-order valence-corrected chi connectivity index (χ2v) is 4.31. The van der Waals surface area contributed by atoms with E-state index in [0.717, 1.165) is 5.69 Å². The van der Waals surface area contributed by atoms with Crippen molar-refractivity contribution in [3.63, 3.8) is 0 Å². The zero-order valence-corrected chi connectivity index (χ0v) is 10.0. The van der Waals surface area contributed by atoms with Gasteiger partial charge in [0.05, 0.1) is 18.8 Å². The van der Waals surface area contributed by atoms with Gasteiger partial charge in [-0.1, -0.05) is 12.1 Å². The van der Waals surface area contributed by atoms with Gasteiger partial charge >= 0.3 is 12.3 Å². The monoisotopic (exact) mass is 278 g/mol. The Bertz CT molecular complexity index is 428. The molecule has 1 aliphatic rings. The molecule has 0 saturated carbocycles. The number of hydrogen-bond acceptors (Lipinski definition) is 3. The molecule has 0 bridgehead atoms. The number of fused-ring (bicyclic) bond motifs is 1. The quantitative estimate of drug-likeness (QED) is 0.811. The molecule has 0 aliphatic carbocycles. The van der Waals surface area contributed by atoms with Crippen LogP contribution in [0.2, 0.25) is 0 Å². The Kier molecular flexibility index (Phi) is 4.14. The first-order chi connectivity index (χ1) is 8.99. The molecule has 0 fully saturated rings. The van der Waals surface area contributed by atoms with Crippen molar-refractivity contribution in [2.75, 3.05) is 25.0 Å². The summed E-state index contributed by atoms with van der Waals surface area (Å²) in [6.45, 7) is -0.555. The minimum atomic E-state index is -4.01. The largest absolute Gasteiger partial charge is 0.485 e. The molecule has 0 saturated heterocycles. The molecule has 0 aromatic heterocycles. The minimum absolute atomic E-state index is 0.0731. The van der Waals surface area contributed by atoms with E-state index in [1.165, 1.54) is 0 Å². The van der Waals surface area contributed by atoms with Crippen LogP contribution in [0.1, 0.15) is 0 Å². The van der Waals surface area contributed by atoms with Crippen LogP contribution in [-0.2, 0) is 0 Å². The SMILES string of the molecule is FC(F)C(F)(F)CNCC1CNc2ccccc2O1. The fourth-order valence-corrected chi connectivity index (χ4v) is 1.75. The van der Waals surface area contributed by atoms with E-state index in [-0.39, 0.29) is 12.6 Å². The predicted molar refractivity (Wildman–Crippen MR) is 63.2 cm³/mol. The molecule has 19 heavy (non-hydrogen) atoms. The van der Waals surface area contributed by atoms with Crippen molar-refractivity contribution in [2.24, 2.45) is 0 Å². The molecule has 1 atom stereocenters. The summed E-state index contributed by atoms with van der Waals surface area (Å²) in [7, 11) is 0. The normalized spacial score (nSPS) is 18.7. The first kappa shape index (κ1) is 13.9. The lowest BCUT2D eigenvalue weighted by molar-refractivity contribution is -0.125. The smallest absolute Gasteiger partial charge is 0.319 e. The van der Waals surface area contributed by atoms with Crippen LogP contribution in [0.25, 0.3) is 0 Å². The van der Waals surface area contributed by atoms with E-state index >= 15 is 0 Å². The molecule has 0 spiro atoms. The number of alkyl halides is 4. The molecular formula is C12H14F4N2O. The standard InChI is InChI=1S/C12H14F4N2O/c13-11(14)12(15,16)7-17-5-8-6-18-9-3-1-2-4-10(9)19-8/h1-4,8,11,17-18H,5-7H2. The fourth-order valence-electron chi connectivity index (χ4n) is 1.75. The lowest BCUT2D eigenvalue weighted by Gasteiger charge is -2.28. The molecule has 0 radical (unpaired) electrons. The molecule has 7 heteroatoms. The highest BCUT2D eigenvalue weighted by Gasteiger charge is 2.40. The minimum Gasteiger partial charge on any atom is -0.485 e. The van der Waals surface area contributed by atoms with Crippen LogP contribution in [0.15, 0.2) is 24.3 Å². The molecule has 2 N–H and O–H groups in total. The molecule has 1 aliphatic heterocycles. The van der Waals surface area contributed by atoms with E-state index in [9.17, 15) is 17.6 Å². The van der Waals surface area contributed by atoms with Gasteiger partial charge in [-0.15, -0.1) is 0 Å². The number of rotatable bonds is 5. The Morgan fingerprint density at radius 3 is 2.84 bits per heavy atom. The van der Waals surface area contributed by atoms with Gasteiger partial charge < -0.3 is 15.4 Å². The van der Waals surface area contributed by atoms with Crippen molar-refractivity contribution in [3.8, 4) is 5.75 Å². The first-order valence-corrected chi connectivity index (χ1v) is 5.85. The van der Waals surface area contributed by atoms with Crippen LogP contribution in [0, 0.1) is 0 Å². The van der Waals surface area contributed by atoms with Crippen molar-refractivity contribution in [1.29, 1.82) is 0 Å². The highest BCUT2D eigenvalue weighted by molar-refractivity contribution is 5.57. The highest BCUT2D eigenvalue weighted by Crippen LogP contribution is 2.28. The van der Waals surface area contributed by atoms with Crippen LogP contribution in [0.5, 0.6) is 5.75 Å². The van der Waals surface area contributed by atoms with Gasteiger partial charge in [-0.05, 0) is 12.1 Å². The van der Waals surface area contributed by atoms with Crippen LogP contribution >= 0.6 is 0 Å². The summed E-state index contributed by atoms with van der Waals surface area (Å²) >= 11 is 0. The molecule has 0 amide bonds. The van der Waals surface area contributed by atoms with Crippen LogP contribution < -0.4 is 15.4 Å². The molecule has 1 aromatic carbocycles. The number of anilines is 1. The van der Waals surface area contributed by atoms with Gasteiger partial charge in [-0.25, -0.2) is 8.78 Å². The number of ether oxygens (including phenoxy) is 1. The van der Waals surface area contributed by atoms with Crippen molar-refractivity contribution < 1.29 is 22.3 Å². The zero-order chi connectivity index (χ0) is 13.9. The zero-order valence-electron chi connectivity index (χ0n) is 10.0. The molecule has 1 heterocycles. The Morgan fingerprint density at radius 1 is 1.37 bits per heavy atom. The molecule has 106 valence electrons. The third-order valence-corrected chi connectivity index (χ3v) is 2.75. The highest BCUT2D eigenvalue weighted by atomic mass is 19.3. The van der Waals surface area contributed by atoms with Gasteiger partial charge in [-0.3, -0.25) is 0 Å². The molecule has 2 rings (SSSR count). The first-order valence-electron chi connectivity index (χ1n) is 5.85. The molecular weight excluding hydrogens is 264 g/mol. The van der Waals surface area contributed by atoms with E-state index in [0.29, 0.717) is 12.3 Å². The second-order valence-electron chi connectivity index (χ2n) is 4.31. The Morgan fingerprint density at radius 2 is 2.11 bits per heavy atom. The summed E-state index contributed by atoms with van der Waals surface area (Å²) in [4.78, 5) is 0. The molecule has 1 aromatic rings. The number of benzene rings is 1. The number of nitrogens with one attached hydrogen (secondary N) is 2. The van der Waals surface area contributed by atoms with E-state index < -0.39 is 18.9 Å². The summed E-state index contributed by atoms with van der Waals surface area (Å²) in [5.41, 5.74) is 0.830. The number of hydrogen-bond donors (Lipinski definition) is 2. The van der Waals surface area contributed by atoms with Gasteiger partial charge in [-0.2, -0.15) is 8.78 Å². The second kappa shape index (κ2) is 5.64. The van der Waals surface area contributed by atoms with E-state index in [1.54, 1.807) is 12.1 Å². The Labute approximate surface area is 107 Å². The summed E-state index contributed by atoms with van der Waals surface area (Å²) in [5, 5.41) is 5.39. The average molecular weight is 278 g/mol. The maximum absolute atomic E-state index is 12.7. The molecule has 1 unspecified atom stereocenters. The van der Waals surface area contributed by atoms with Crippen LogP contribution in [-0.4, -0.2) is 38.1 Å². The van der Waals surface area contributed by atoms with Crippen molar-refractivity contribution in [2.45, 2.75) is 18.5 Å². The van der Waals surface area contributed by atoms with Crippen LogP contribution in [0.4, 0.5) is 23.2 Å². The van der Waals surface area contributed by atoms with Gasteiger partial charge in [0.2, 0.25) is 0 Å². The van der Waals surface area contributed by atoms with E-state index in [1.807, 2.05) is 12.1 Å².